The predicted molar refractivity (Wildman–Crippen MR) is 61.2 cm³/mol. The molecular weight excluding hydrogens is 214 g/mol. The fourth-order valence-corrected chi connectivity index (χ4v) is 1.92. The van der Waals surface area contributed by atoms with Gasteiger partial charge in [-0.2, -0.15) is 0 Å². The van der Waals surface area contributed by atoms with Gasteiger partial charge in [0.05, 0.1) is 6.10 Å². The Labute approximate surface area is 96.5 Å². The van der Waals surface area contributed by atoms with Crippen molar-refractivity contribution in [3.63, 3.8) is 0 Å². The second-order valence-corrected chi connectivity index (χ2v) is 4.24. The van der Waals surface area contributed by atoms with Crippen LogP contribution in [0.5, 0.6) is 0 Å². The summed E-state index contributed by atoms with van der Waals surface area (Å²) in [5, 5.41) is 2.72. The summed E-state index contributed by atoms with van der Waals surface area (Å²) in [6.07, 6.45) is 7.69. The number of carbonyl (C=O) groups is 1. The fourth-order valence-electron chi connectivity index (χ4n) is 1.83. The van der Waals surface area contributed by atoms with E-state index in [1.54, 1.807) is 0 Å². The molecule has 1 rings (SSSR count). The van der Waals surface area contributed by atoms with Crippen LogP contribution in [0.3, 0.4) is 0 Å². The maximum absolute atomic E-state index is 10.8. The average molecular weight is 234 g/mol. The predicted octanol–water partition coefficient (Wildman–Crippen LogP) is 2.08. The van der Waals surface area contributed by atoms with Gasteiger partial charge in [-0.25, -0.2) is 0 Å². The highest BCUT2D eigenvalue weighted by molar-refractivity contribution is 6.27. The Morgan fingerprint density at radius 1 is 1.33 bits per heavy atom. The molecule has 1 amide bonds. The van der Waals surface area contributed by atoms with Crippen molar-refractivity contribution in [3.05, 3.63) is 0 Å². The second kappa shape index (κ2) is 7.94. The van der Waals surface area contributed by atoms with Gasteiger partial charge in [-0.1, -0.05) is 19.3 Å². The second-order valence-electron chi connectivity index (χ2n) is 3.97. The minimum Gasteiger partial charge on any atom is -0.378 e. The molecule has 0 atom stereocenters. The van der Waals surface area contributed by atoms with Crippen molar-refractivity contribution < 1.29 is 9.53 Å². The van der Waals surface area contributed by atoms with Crippen molar-refractivity contribution in [1.82, 2.24) is 5.32 Å². The molecule has 3 nitrogen and oxygen atoms in total. The Balaban J connectivity index is 1.89. The van der Waals surface area contributed by atoms with Crippen molar-refractivity contribution in [2.45, 2.75) is 44.6 Å². The number of rotatable bonds is 6. The molecule has 0 aliphatic heterocycles. The van der Waals surface area contributed by atoms with Crippen LogP contribution in [0.1, 0.15) is 38.5 Å². The molecule has 0 spiro atoms. The van der Waals surface area contributed by atoms with Gasteiger partial charge in [0.2, 0.25) is 5.91 Å². The van der Waals surface area contributed by atoms with Gasteiger partial charge in [-0.15, -0.1) is 11.6 Å². The molecule has 15 heavy (non-hydrogen) atoms. The highest BCUT2D eigenvalue weighted by Gasteiger charge is 2.12. The van der Waals surface area contributed by atoms with Crippen LogP contribution in [-0.2, 0) is 9.53 Å². The number of amides is 1. The summed E-state index contributed by atoms with van der Waals surface area (Å²) < 4.78 is 5.71. The van der Waals surface area contributed by atoms with E-state index in [-0.39, 0.29) is 11.8 Å². The summed E-state index contributed by atoms with van der Waals surface area (Å²) in [6, 6.07) is 0. The molecule has 0 aromatic carbocycles. The monoisotopic (exact) mass is 233 g/mol. The largest absolute Gasteiger partial charge is 0.378 e. The smallest absolute Gasteiger partial charge is 0.234 e. The molecule has 1 fully saturated rings. The highest BCUT2D eigenvalue weighted by Crippen LogP contribution is 2.20. The topological polar surface area (TPSA) is 38.3 Å². The van der Waals surface area contributed by atoms with E-state index in [9.17, 15) is 4.79 Å². The molecule has 0 aromatic rings. The van der Waals surface area contributed by atoms with E-state index in [0.29, 0.717) is 12.6 Å². The molecule has 1 saturated carbocycles. The fraction of sp³-hybridized carbons (Fsp3) is 0.909. The zero-order chi connectivity index (χ0) is 10.9. The lowest BCUT2D eigenvalue weighted by Gasteiger charge is -2.21. The molecule has 88 valence electrons. The standard InChI is InChI=1S/C11H20ClNO2/c12-9-11(14)13-7-4-8-15-10-5-2-1-3-6-10/h10H,1-9H2,(H,13,14). The molecule has 0 heterocycles. The Kier molecular flexibility index (Phi) is 6.77. The SMILES string of the molecule is O=C(CCl)NCCCOC1CCCCC1. The normalized spacial score (nSPS) is 17.7. The van der Waals surface area contributed by atoms with Crippen molar-refractivity contribution >= 4 is 17.5 Å². The van der Waals surface area contributed by atoms with Gasteiger partial charge < -0.3 is 10.1 Å². The van der Waals surface area contributed by atoms with E-state index < -0.39 is 0 Å². The lowest BCUT2D eigenvalue weighted by atomic mass is 9.98. The van der Waals surface area contributed by atoms with Crippen molar-refractivity contribution in [2.24, 2.45) is 0 Å². The van der Waals surface area contributed by atoms with Crippen LogP contribution in [0.25, 0.3) is 0 Å². The molecular formula is C11H20ClNO2. The van der Waals surface area contributed by atoms with Crippen molar-refractivity contribution in [3.8, 4) is 0 Å². The summed E-state index contributed by atoms with van der Waals surface area (Å²) in [4.78, 5) is 10.8. The van der Waals surface area contributed by atoms with Crippen LogP contribution in [0.2, 0.25) is 0 Å². The van der Waals surface area contributed by atoms with Crippen molar-refractivity contribution in [2.75, 3.05) is 19.0 Å². The first-order valence-corrected chi connectivity index (χ1v) is 6.30. The number of nitrogens with one attached hydrogen (secondary N) is 1. The number of halogens is 1. The van der Waals surface area contributed by atoms with Gasteiger partial charge in [0.1, 0.15) is 5.88 Å². The Hall–Kier alpha value is -0.280. The molecule has 0 bridgehead atoms. The number of hydrogen-bond donors (Lipinski definition) is 1. The summed E-state index contributed by atoms with van der Waals surface area (Å²) >= 11 is 5.34. The first-order chi connectivity index (χ1) is 7.33. The van der Waals surface area contributed by atoms with Crippen LogP contribution in [-0.4, -0.2) is 31.0 Å². The molecule has 1 aliphatic rings. The molecule has 4 heteroatoms. The van der Waals surface area contributed by atoms with Crippen LogP contribution >= 0.6 is 11.6 Å². The lowest BCUT2D eigenvalue weighted by Crippen LogP contribution is -2.27. The van der Waals surface area contributed by atoms with Gasteiger partial charge >= 0.3 is 0 Å². The first-order valence-electron chi connectivity index (χ1n) is 5.77. The summed E-state index contributed by atoms with van der Waals surface area (Å²) in [5.41, 5.74) is 0. The van der Waals surface area contributed by atoms with Gasteiger partial charge in [0, 0.05) is 13.2 Å². The molecule has 1 aliphatic carbocycles. The van der Waals surface area contributed by atoms with Crippen LogP contribution < -0.4 is 5.32 Å². The molecule has 0 saturated heterocycles. The average Bonchev–Trinajstić information content (AvgIpc) is 2.29. The van der Waals surface area contributed by atoms with Gasteiger partial charge in [0.15, 0.2) is 0 Å². The van der Waals surface area contributed by atoms with Crippen LogP contribution in [0.15, 0.2) is 0 Å². The molecule has 1 N–H and O–H groups in total. The van der Waals surface area contributed by atoms with Crippen LogP contribution in [0.4, 0.5) is 0 Å². The van der Waals surface area contributed by atoms with E-state index in [1.807, 2.05) is 0 Å². The number of hydrogen-bond acceptors (Lipinski definition) is 2. The molecule has 0 aromatic heterocycles. The maximum Gasteiger partial charge on any atom is 0.234 e. The quantitative estimate of drug-likeness (QED) is 0.564. The zero-order valence-electron chi connectivity index (χ0n) is 9.14. The molecule has 0 unspecified atom stereocenters. The Morgan fingerprint density at radius 3 is 2.73 bits per heavy atom. The minimum atomic E-state index is -0.102. The van der Waals surface area contributed by atoms with Crippen LogP contribution in [0, 0.1) is 0 Å². The molecule has 0 radical (unpaired) electrons. The van der Waals surface area contributed by atoms with Gasteiger partial charge in [0.25, 0.3) is 0 Å². The number of ether oxygens (including phenoxy) is 1. The van der Waals surface area contributed by atoms with Crippen molar-refractivity contribution in [1.29, 1.82) is 0 Å². The number of alkyl halides is 1. The summed E-state index contributed by atoms with van der Waals surface area (Å²) in [7, 11) is 0. The third kappa shape index (κ3) is 6.00. The maximum atomic E-state index is 10.8. The third-order valence-electron chi connectivity index (χ3n) is 2.67. The van der Waals surface area contributed by atoms with Gasteiger partial charge in [-0.3, -0.25) is 4.79 Å². The van der Waals surface area contributed by atoms with E-state index >= 15 is 0 Å². The van der Waals surface area contributed by atoms with E-state index in [4.69, 9.17) is 16.3 Å². The minimum absolute atomic E-state index is 0.0451. The highest BCUT2D eigenvalue weighted by atomic mass is 35.5. The number of carbonyl (C=O) groups excluding carboxylic acids is 1. The lowest BCUT2D eigenvalue weighted by molar-refractivity contribution is -0.118. The zero-order valence-corrected chi connectivity index (χ0v) is 9.89. The third-order valence-corrected chi connectivity index (χ3v) is 2.91. The Bertz CT molecular complexity index is 181. The van der Waals surface area contributed by atoms with E-state index in [0.717, 1.165) is 13.0 Å². The van der Waals surface area contributed by atoms with E-state index in [1.165, 1.54) is 32.1 Å². The Morgan fingerprint density at radius 2 is 2.07 bits per heavy atom. The first kappa shape index (κ1) is 12.8. The van der Waals surface area contributed by atoms with Gasteiger partial charge in [-0.05, 0) is 19.3 Å². The summed E-state index contributed by atoms with van der Waals surface area (Å²) in [5.74, 6) is -0.0573. The summed E-state index contributed by atoms with van der Waals surface area (Å²) in [6.45, 7) is 1.41. The van der Waals surface area contributed by atoms with E-state index in [2.05, 4.69) is 5.32 Å².